The van der Waals surface area contributed by atoms with Crippen molar-refractivity contribution in [3.8, 4) is 0 Å². The summed E-state index contributed by atoms with van der Waals surface area (Å²) in [5.41, 5.74) is 1.67. The van der Waals surface area contributed by atoms with Gasteiger partial charge in [0.1, 0.15) is 6.10 Å². The van der Waals surface area contributed by atoms with Gasteiger partial charge in [-0.15, -0.1) is 0 Å². The summed E-state index contributed by atoms with van der Waals surface area (Å²) in [6.45, 7) is 22.0. The van der Waals surface area contributed by atoms with E-state index in [4.69, 9.17) is 4.74 Å². The van der Waals surface area contributed by atoms with E-state index in [9.17, 15) is 18.8 Å². The zero-order valence-electron chi connectivity index (χ0n) is 27.5. The number of rotatable bonds is 5. The SMILES string of the molecule is CC(C)C1=C2C3CCC4C5(C)CCC(OC(=O)CC(C)(C)C(=O)F)C(C)(C)C5CCC4(C)[C@]3(C)CC[C@@]2(C)CC1=O. The lowest BCUT2D eigenvalue weighted by atomic mass is 9.33. The second-order valence-corrected chi connectivity index (χ2v) is 17.4. The van der Waals surface area contributed by atoms with Crippen LogP contribution in [0.15, 0.2) is 11.1 Å². The third-order valence-electron chi connectivity index (χ3n) is 14.1. The highest BCUT2D eigenvalue weighted by Gasteiger charge is 2.69. The van der Waals surface area contributed by atoms with Gasteiger partial charge in [-0.2, -0.15) is 4.39 Å². The first-order valence-corrected chi connectivity index (χ1v) is 16.4. The Kier molecular flexibility index (Phi) is 7.16. The first-order valence-electron chi connectivity index (χ1n) is 16.4. The molecule has 41 heavy (non-hydrogen) atoms. The van der Waals surface area contributed by atoms with Crippen LogP contribution in [0, 0.1) is 56.2 Å². The van der Waals surface area contributed by atoms with Crippen LogP contribution >= 0.6 is 0 Å². The van der Waals surface area contributed by atoms with Crippen LogP contribution in [0.25, 0.3) is 0 Å². The van der Waals surface area contributed by atoms with Gasteiger partial charge in [-0.1, -0.05) is 61.0 Å². The normalized spacial score (nSPS) is 43.7. The van der Waals surface area contributed by atoms with Gasteiger partial charge in [0.15, 0.2) is 5.78 Å². The zero-order chi connectivity index (χ0) is 30.6. The molecule has 5 heteroatoms. The molecular weight excluding hydrogens is 515 g/mol. The standard InChI is InChI=1S/C36H55FO4/c1-21(2)28-23(38)19-33(7)17-18-35(9)22(29(28)33)11-12-25-34(8)15-14-26(41-27(39)20-31(3,4)30(37)40)32(5,6)24(34)13-16-36(25,35)10/h21-22,24-26H,11-20H2,1-10H3/t22?,24?,25?,26?,33-,34?,35+,36?/m0/s1. The lowest BCUT2D eigenvalue weighted by Gasteiger charge is -2.72. The molecule has 0 bridgehead atoms. The Morgan fingerprint density at radius 3 is 2.17 bits per heavy atom. The second kappa shape index (κ2) is 9.49. The molecule has 4 nitrogen and oxygen atoms in total. The topological polar surface area (TPSA) is 60.4 Å². The Labute approximate surface area is 248 Å². The molecule has 5 aliphatic carbocycles. The van der Waals surface area contributed by atoms with Crippen LogP contribution in [-0.4, -0.2) is 23.9 Å². The van der Waals surface area contributed by atoms with Crippen LogP contribution in [0.4, 0.5) is 4.39 Å². The van der Waals surface area contributed by atoms with E-state index in [2.05, 4.69) is 55.4 Å². The van der Waals surface area contributed by atoms with Gasteiger partial charge in [0.05, 0.1) is 11.8 Å². The Morgan fingerprint density at radius 1 is 0.902 bits per heavy atom. The Hall–Kier alpha value is -1.52. The van der Waals surface area contributed by atoms with Crippen molar-refractivity contribution in [2.24, 2.45) is 56.2 Å². The summed E-state index contributed by atoms with van der Waals surface area (Å²) in [7, 11) is 0. The average molecular weight is 571 g/mol. The number of carbonyl (C=O) groups excluding carboxylic acids is 3. The van der Waals surface area contributed by atoms with Crippen LogP contribution in [0.5, 0.6) is 0 Å². The smallest absolute Gasteiger partial charge is 0.307 e. The maximum atomic E-state index is 13.5. The first-order chi connectivity index (χ1) is 18.7. The van der Waals surface area contributed by atoms with Crippen LogP contribution in [0.2, 0.25) is 0 Å². The van der Waals surface area contributed by atoms with Crippen molar-refractivity contribution in [3.63, 3.8) is 0 Å². The summed E-state index contributed by atoms with van der Waals surface area (Å²) in [4.78, 5) is 37.6. The largest absolute Gasteiger partial charge is 0.462 e. The number of Topliss-reactive ketones (excluding diaryl/α,β-unsaturated/α-hetero) is 1. The predicted octanol–water partition coefficient (Wildman–Crippen LogP) is 8.81. The fourth-order valence-electron chi connectivity index (χ4n) is 11.7. The molecular formula is C36H55FO4. The van der Waals surface area contributed by atoms with E-state index in [1.807, 2.05) is 0 Å². The minimum Gasteiger partial charge on any atom is -0.462 e. The van der Waals surface area contributed by atoms with Crippen LogP contribution in [-0.2, 0) is 19.1 Å². The third-order valence-corrected chi connectivity index (χ3v) is 14.1. The van der Waals surface area contributed by atoms with E-state index >= 15 is 0 Å². The van der Waals surface area contributed by atoms with Crippen LogP contribution in [0.1, 0.15) is 133 Å². The first kappa shape index (κ1) is 30.9. The molecule has 4 fully saturated rings. The number of ketones is 1. The highest BCUT2D eigenvalue weighted by Crippen LogP contribution is 2.76. The number of allylic oxidation sites excluding steroid dienone is 2. The number of halogens is 1. The molecule has 0 saturated heterocycles. The van der Waals surface area contributed by atoms with E-state index in [1.54, 1.807) is 0 Å². The summed E-state index contributed by atoms with van der Waals surface area (Å²) in [6.07, 6.45) is 8.99. The van der Waals surface area contributed by atoms with Gasteiger partial charge in [-0.3, -0.25) is 14.4 Å². The zero-order valence-corrected chi connectivity index (χ0v) is 27.5. The van der Waals surface area contributed by atoms with Crippen LogP contribution < -0.4 is 0 Å². The monoisotopic (exact) mass is 570 g/mol. The van der Waals surface area contributed by atoms with E-state index in [-0.39, 0.29) is 45.5 Å². The number of fused-ring (bicyclic) bond motifs is 7. The minimum absolute atomic E-state index is 0.0381. The predicted molar refractivity (Wildman–Crippen MR) is 159 cm³/mol. The van der Waals surface area contributed by atoms with Gasteiger partial charge in [-0.05, 0) is 116 Å². The molecule has 0 aromatic heterocycles. The van der Waals surface area contributed by atoms with Crippen molar-refractivity contribution < 1.29 is 23.5 Å². The molecule has 6 unspecified atom stereocenters. The molecule has 0 aromatic rings. The van der Waals surface area contributed by atoms with Crippen molar-refractivity contribution in [2.75, 3.05) is 0 Å². The fourth-order valence-corrected chi connectivity index (χ4v) is 11.7. The summed E-state index contributed by atoms with van der Waals surface area (Å²) in [5, 5.41) is 0. The second-order valence-electron chi connectivity index (χ2n) is 17.4. The maximum Gasteiger partial charge on any atom is 0.307 e. The van der Waals surface area contributed by atoms with E-state index in [1.165, 1.54) is 38.7 Å². The lowest BCUT2D eigenvalue weighted by Crippen LogP contribution is -2.65. The molecule has 0 N–H and O–H groups in total. The Balaban J connectivity index is 1.43. The van der Waals surface area contributed by atoms with Crippen molar-refractivity contribution >= 4 is 17.8 Å². The molecule has 5 aliphatic rings. The summed E-state index contributed by atoms with van der Waals surface area (Å²) in [6, 6.07) is -1.47. The number of esters is 1. The average Bonchev–Trinajstić information content (AvgIpc) is 3.11. The number of hydrogen-bond acceptors (Lipinski definition) is 4. The molecule has 0 spiro atoms. The number of carbonyl (C=O) groups is 3. The van der Waals surface area contributed by atoms with Gasteiger partial charge in [0.25, 0.3) is 0 Å². The van der Waals surface area contributed by atoms with Gasteiger partial charge < -0.3 is 4.74 Å². The van der Waals surface area contributed by atoms with Crippen molar-refractivity contribution in [2.45, 2.75) is 140 Å². The molecule has 8 atom stereocenters. The molecule has 0 aromatic carbocycles. The summed E-state index contributed by atoms with van der Waals surface area (Å²) < 4.78 is 19.6. The maximum absolute atomic E-state index is 13.5. The molecule has 0 heterocycles. The summed E-state index contributed by atoms with van der Waals surface area (Å²) in [5.74, 6) is 1.70. The van der Waals surface area contributed by atoms with Gasteiger partial charge in [0, 0.05) is 11.8 Å². The van der Waals surface area contributed by atoms with Crippen molar-refractivity contribution in [1.82, 2.24) is 0 Å². The number of ether oxygens (including phenoxy) is 1. The number of hydrogen-bond donors (Lipinski definition) is 0. The molecule has 4 saturated carbocycles. The van der Waals surface area contributed by atoms with Gasteiger partial charge >= 0.3 is 12.0 Å². The molecule has 0 aliphatic heterocycles. The van der Waals surface area contributed by atoms with Crippen LogP contribution in [0.3, 0.4) is 0 Å². The highest BCUT2D eigenvalue weighted by atomic mass is 19.1. The fraction of sp³-hybridized carbons (Fsp3) is 0.861. The Morgan fingerprint density at radius 2 is 1.56 bits per heavy atom. The van der Waals surface area contributed by atoms with E-state index in [0.29, 0.717) is 30.0 Å². The Bertz CT molecular complexity index is 1180. The van der Waals surface area contributed by atoms with E-state index < -0.39 is 17.4 Å². The third kappa shape index (κ3) is 4.27. The molecule has 5 rings (SSSR count). The quantitative estimate of drug-likeness (QED) is 0.245. The molecule has 0 radical (unpaired) electrons. The minimum atomic E-state index is -1.47. The lowest BCUT2D eigenvalue weighted by molar-refractivity contribution is -0.233. The summed E-state index contributed by atoms with van der Waals surface area (Å²) >= 11 is 0. The van der Waals surface area contributed by atoms with Crippen molar-refractivity contribution in [1.29, 1.82) is 0 Å². The van der Waals surface area contributed by atoms with E-state index in [0.717, 1.165) is 37.7 Å². The molecule has 0 amide bonds. The van der Waals surface area contributed by atoms with Crippen molar-refractivity contribution in [3.05, 3.63) is 11.1 Å². The van der Waals surface area contributed by atoms with Gasteiger partial charge in [-0.25, -0.2) is 0 Å². The van der Waals surface area contributed by atoms with Gasteiger partial charge in [0.2, 0.25) is 0 Å². The molecule has 230 valence electrons. The highest BCUT2D eigenvalue weighted by molar-refractivity contribution is 6.00.